The van der Waals surface area contributed by atoms with Crippen LogP contribution in [0.25, 0.3) is 0 Å². The number of carbonyl (C=O) groups is 3. The number of quaternary nitrogens is 1. The van der Waals surface area contributed by atoms with Crippen LogP contribution in [0.1, 0.15) is 39.0 Å². The van der Waals surface area contributed by atoms with Crippen LogP contribution in [0, 0.1) is 0 Å². The minimum atomic E-state index is -1.22. The molecule has 0 aromatic heterocycles. The molecule has 0 fully saturated rings. The van der Waals surface area contributed by atoms with Crippen LogP contribution >= 0.6 is 0 Å². The Hall–Kier alpha value is -0.930. The molecule has 1 atom stereocenters. The summed E-state index contributed by atoms with van der Waals surface area (Å²) in [4.78, 5) is 33.4. The number of amides is 1. The second-order valence-electron chi connectivity index (χ2n) is 6.04. The number of hydrogen-bond donors (Lipinski definition) is 3. The van der Waals surface area contributed by atoms with Crippen LogP contribution < -0.4 is 40.0 Å². The van der Waals surface area contributed by atoms with Gasteiger partial charge in [-0.2, -0.15) is 0 Å². The Balaban J connectivity index is 0. The van der Waals surface area contributed by atoms with E-state index >= 15 is 0 Å². The number of aliphatic carboxylic acids is 2. The molecule has 0 aliphatic rings. The van der Waals surface area contributed by atoms with Gasteiger partial charge in [-0.1, -0.05) is 25.5 Å². The zero-order valence-electron chi connectivity index (χ0n) is 15.9. The maximum atomic E-state index is 11.8. The fraction of sp³-hybridized carbons (Fsp3) is 0.706. The van der Waals surface area contributed by atoms with Crippen LogP contribution in [-0.2, 0) is 14.4 Å². The first-order valence-electron chi connectivity index (χ1n) is 8.64. The molecule has 0 bridgehead atoms. The number of unbranched alkanes of at least 4 members (excludes halogenated alkanes) is 1. The number of rotatable bonds is 15. The van der Waals surface area contributed by atoms with E-state index in [9.17, 15) is 24.6 Å². The molecular formula is C17H30N2NaO6+. The van der Waals surface area contributed by atoms with Crippen molar-refractivity contribution in [1.29, 1.82) is 0 Å². The summed E-state index contributed by atoms with van der Waals surface area (Å²) < 4.78 is 0.114. The van der Waals surface area contributed by atoms with Gasteiger partial charge in [-0.05, 0) is 6.42 Å². The summed E-state index contributed by atoms with van der Waals surface area (Å²) in [5.41, 5.74) is 0. The van der Waals surface area contributed by atoms with E-state index in [2.05, 4.69) is 5.32 Å². The molecule has 26 heavy (non-hydrogen) atoms. The minimum Gasteiger partial charge on any atom is -0.550 e. The SMILES string of the molecule is CCC/C=C/CC(=O)NCC[N+](CCO)(CCC(=O)[O-])CCC(=O)O.[Na+]. The summed E-state index contributed by atoms with van der Waals surface area (Å²) in [7, 11) is 0. The van der Waals surface area contributed by atoms with Gasteiger partial charge in [0.05, 0.1) is 39.2 Å². The summed E-state index contributed by atoms with van der Waals surface area (Å²) in [5, 5.41) is 31.7. The van der Waals surface area contributed by atoms with Crippen LogP contribution in [0.4, 0.5) is 0 Å². The van der Waals surface area contributed by atoms with E-state index in [-0.39, 0.29) is 92.0 Å². The molecule has 3 N–H and O–H groups in total. The van der Waals surface area contributed by atoms with E-state index in [1.165, 1.54) is 0 Å². The normalized spacial score (nSPS) is 13.0. The molecule has 0 aromatic carbocycles. The molecule has 0 rings (SSSR count). The van der Waals surface area contributed by atoms with E-state index in [1.807, 2.05) is 13.0 Å². The molecule has 0 saturated carbocycles. The molecule has 0 aliphatic heterocycles. The van der Waals surface area contributed by atoms with E-state index in [0.29, 0.717) is 6.54 Å². The van der Waals surface area contributed by atoms with Gasteiger partial charge in [-0.15, -0.1) is 0 Å². The average Bonchev–Trinajstić information content (AvgIpc) is 2.55. The van der Waals surface area contributed by atoms with Gasteiger partial charge in [0.1, 0.15) is 6.54 Å². The Kier molecular flexibility index (Phi) is 17.1. The molecule has 8 nitrogen and oxygen atoms in total. The number of carboxylic acids is 2. The Labute approximate surface area is 177 Å². The first-order chi connectivity index (χ1) is 11.8. The first kappa shape index (κ1) is 27.3. The molecule has 0 radical (unpaired) electrons. The Morgan fingerprint density at radius 2 is 1.73 bits per heavy atom. The zero-order chi connectivity index (χ0) is 19.1. The molecule has 0 spiro atoms. The van der Waals surface area contributed by atoms with Gasteiger partial charge in [-0.25, -0.2) is 0 Å². The molecule has 1 unspecified atom stereocenters. The van der Waals surface area contributed by atoms with Crippen LogP contribution in [0.5, 0.6) is 0 Å². The van der Waals surface area contributed by atoms with Crippen molar-refractivity contribution < 1.29 is 63.7 Å². The Bertz CT molecular complexity index is 439. The number of allylic oxidation sites excluding steroid dienone is 1. The Morgan fingerprint density at radius 3 is 2.27 bits per heavy atom. The quantitative estimate of drug-likeness (QED) is 0.152. The predicted molar refractivity (Wildman–Crippen MR) is 90.4 cm³/mol. The molecular weight excluding hydrogens is 351 g/mol. The van der Waals surface area contributed by atoms with Gasteiger partial charge in [0.25, 0.3) is 0 Å². The third-order valence-corrected chi connectivity index (χ3v) is 4.00. The van der Waals surface area contributed by atoms with Gasteiger partial charge in [-0.3, -0.25) is 9.59 Å². The van der Waals surface area contributed by atoms with Gasteiger partial charge >= 0.3 is 35.5 Å². The second-order valence-corrected chi connectivity index (χ2v) is 6.04. The number of nitrogens with zero attached hydrogens (tertiary/aromatic N) is 1. The molecule has 1 amide bonds. The standard InChI is InChI=1S/C17H30N2O6.Na/c1-2-3-4-5-6-15(21)18-9-12-19(13-14-20,10-7-16(22)23)11-8-17(24)25;/h4-5,20H,2-3,6-14H2,1H3,(H2-,18,21,22,23,24,25);/q;+1/b5-4+;. The van der Waals surface area contributed by atoms with E-state index in [0.717, 1.165) is 12.8 Å². The minimum absolute atomic E-state index is 0. The molecule has 0 saturated heterocycles. The maximum Gasteiger partial charge on any atom is 1.00 e. The van der Waals surface area contributed by atoms with Crippen LogP contribution in [0.2, 0.25) is 0 Å². The number of carboxylic acid groups (broad SMARTS) is 2. The zero-order valence-corrected chi connectivity index (χ0v) is 17.9. The van der Waals surface area contributed by atoms with Crippen LogP contribution in [0.15, 0.2) is 12.2 Å². The second kappa shape index (κ2) is 16.3. The smallest absolute Gasteiger partial charge is 0.550 e. The molecule has 0 aromatic rings. The number of nitrogens with one attached hydrogen (secondary N) is 1. The number of carbonyl (C=O) groups excluding carboxylic acids is 2. The summed E-state index contributed by atoms with van der Waals surface area (Å²) >= 11 is 0. The van der Waals surface area contributed by atoms with Crippen molar-refractivity contribution in [3.8, 4) is 0 Å². The van der Waals surface area contributed by atoms with Crippen molar-refractivity contribution >= 4 is 17.8 Å². The number of aliphatic hydroxyl groups is 1. The predicted octanol–water partition coefficient (Wildman–Crippen LogP) is -3.72. The number of hydrogen-bond acceptors (Lipinski definition) is 5. The third kappa shape index (κ3) is 14.3. The van der Waals surface area contributed by atoms with Crippen LogP contribution in [-0.4, -0.2) is 71.9 Å². The molecule has 144 valence electrons. The summed E-state index contributed by atoms with van der Waals surface area (Å²) in [5.74, 6) is -2.35. The van der Waals surface area contributed by atoms with Crippen molar-refractivity contribution in [2.45, 2.75) is 39.0 Å². The van der Waals surface area contributed by atoms with Gasteiger partial charge in [0.15, 0.2) is 0 Å². The van der Waals surface area contributed by atoms with E-state index in [4.69, 9.17) is 5.11 Å². The summed E-state index contributed by atoms with van der Waals surface area (Å²) in [6, 6.07) is 0. The first-order valence-corrected chi connectivity index (χ1v) is 8.64. The largest absolute Gasteiger partial charge is 1.00 e. The Morgan fingerprint density at radius 1 is 1.08 bits per heavy atom. The van der Waals surface area contributed by atoms with Crippen LogP contribution in [0.3, 0.4) is 0 Å². The fourth-order valence-corrected chi connectivity index (χ4v) is 2.52. The van der Waals surface area contributed by atoms with Crippen molar-refractivity contribution in [2.75, 3.05) is 39.3 Å². The molecule has 0 heterocycles. The third-order valence-electron chi connectivity index (χ3n) is 4.00. The molecule has 9 heteroatoms. The van der Waals surface area contributed by atoms with Crippen molar-refractivity contribution in [3.63, 3.8) is 0 Å². The monoisotopic (exact) mass is 381 g/mol. The number of aliphatic hydroxyl groups excluding tert-OH is 1. The maximum absolute atomic E-state index is 11.8. The van der Waals surface area contributed by atoms with Crippen molar-refractivity contribution in [1.82, 2.24) is 5.32 Å². The van der Waals surface area contributed by atoms with E-state index in [1.54, 1.807) is 6.08 Å². The fourth-order valence-electron chi connectivity index (χ4n) is 2.52. The van der Waals surface area contributed by atoms with Crippen molar-refractivity contribution in [2.24, 2.45) is 0 Å². The average molecular weight is 381 g/mol. The van der Waals surface area contributed by atoms with Gasteiger partial charge in [0, 0.05) is 18.8 Å². The van der Waals surface area contributed by atoms with Crippen molar-refractivity contribution in [3.05, 3.63) is 12.2 Å². The molecule has 0 aliphatic carbocycles. The summed E-state index contributed by atoms with van der Waals surface area (Å²) in [6.45, 7) is 3.07. The summed E-state index contributed by atoms with van der Waals surface area (Å²) in [6.07, 6.45) is 5.58. The topological polar surface area (TPSA) is 127 Å². The van der Waals surface area contributed by atoms with E-state index < -0.39 is 11.9 Å². The van der Waals surface area contributed by atoms with Gasteiger partial charge < -0.3 is 29.9 Å². The van der Waals surface area contributed by atoms with Gasteiger partial charge in [0.2, 0.25) is 5.91 Å².